The van der Waals surface area contributed by atoms with E-state index in [1.54, 1.807) is 18.0 Å². The van der Waals surface area contributed by atoms with E-state index in [2.05, 4.69) is 15.2 Å². The van der Waals surface area contributed by atoms with E-state index in [9.17, 15) is 4.79 Å². The lowest BCUT2D eigenvalue weighted by atomic mass is 10.1. The number of benzene rings is 1. The van der Waals surface area contributed by atoms with E-state index in [4.69, 9.17) is 4.42 Å². The summed E-state index contributed by atoms with van der Waals surface area (Å²) in [5, 5.41) is 7.53. The number of rotatable bonds is 5. The first-order valence-corrected chi connectivity index (χ1v) is 7.47. The van der Waals surface area contributed by atoms with E-state index in [1.807, 2.05) is 37.3 Å². The molecule has 0 spiro atoms. The van der Waals surface area contributed by atoms with E-state index in [0.29, 0.717) is 12.4 Å². The minimum atomic E-state index is -0.103. The highest BCUT2D eigenvalue weighted by Gasteiger charge is 2.12. The summed E-state index contributed by atoms with van der Waals surface area (Å²) >= 11 is 0. The van der Waals surface area contributed by atoms with Gasteiger partial charge in [0, 0.05) is 30.5 Å². The Bertz CT molecular complexity index is 834. The van der Waals surface area contributed by atoms with Crippen LogP contribution >= 0.6 is 0 Å². The number of aryl methyl sites for hydroxylation is 1. The number of hydrogen-bond donors (Lipinski definition) is 1. The number of fused-ring (bicyclic) bond motifs is 1. The van der Waals surface area contributed by atoms with Gasteiger partial charge in [0.1, 0.15) is 23.5 Å². The van der Waals surface area contributed by atoms with Crippen LogP contribution in [0.4, 0.5) is 0 Å². The molecule has 0 unspecified atom stereocenters. The van der Waals surface area contributed by atoms with Gasteiger partial charge >= 0.3 is 0 Å². The fraction of sp³-hybridized carbons (Fsp3) is 0.235. The first kappa shape index (κ1) is 15.0. The van der Waals surface area contributed by atoms with Gasteiger partial charge in [-0.05, 0) is 12.1 Å². The predicted molar refractivity (Wildman–Crippen MR) is 87.5 cm³/mol. The third kappa shape index (κ3) is 3.15. The van der Waals surface area contributed by atoms with Gasteiger partial charge in [-0.2, -0.15) is 5.10 Å². The number of nitrogens with one attached hydrogen (secondary N) is 1. The average molecular weight is 310 g/mol. The van der Waals surface area contributed by atoms with Crippen molar-refractivity contribution in [3.05, 3.63) is 53.8 Å². The van der Waals surface area contributed by atoms with Crippen molar-refractivity contribution in [1.29, 1.82) is 0 Å². The quantitative estimate of drug-likeness (QED) is 0.735. The van der Waals surface area contributed by atoms with Gasteiger partial charge in [0.2, 0.25) is 5.91 Å². The Kier molecular flexibility index (Phi) is 4.23. The Balaban J connectivity index is 1.80. The fourth-order valence-corrected chi connectivity index (χ4v) is 2.45. The molecular weight excluding hydrogens is 292 g/mol. The maximum Gasteiger partial charge on any atom is 0.246 e. The summed E-state index contributed by atoms with van der Waals surface area (Å²) in [6.45, 7) is 2.42. The minimum absolute atomic E-state index is 0.103. The Morgan fingerprint density at radius 2 is 2.22 bits per heavy atom. The fourth-order valence-electron chi connectivity index (χ4n) is 2.45. The van der Waals surface area contributed by atoms with Crippen LogP contribution in [-0.4, -0.2) is 33.0 Å². The number of amides is 1. The summed E-state index contributed by atoms with van der Waals surface area (Å²) in [6, 6.07) is 7.84. The molecule has 6 nitrogen and oxygen atoms in total. The van der Waals surface area contributed by atoms with Crippen molar-refractivity contribution in [3.63, 3.8) is 0 Å². The van der Waals surface area contributed by atoms with Crippen molar-refractivity contribution in [2.45, 2.75) is 19.9 Å². The minimum Gasteiger partial charge on any atom is -0.460 e. The van der Waals surface area contributed by atoms with E-state index >= 15 is 0 Å². The van der Waals surface area contributed by atoms with Crippen molar-refractivity contribution >= 4 is 23.0 Å². The number of hydrogen-bond acceptors (Lipinski definition) is 4. The normalized spacial score (nSPS) is 11.4. The van der Waals surface area contributed by atoms with Crippen LogP contribution < -0.4 is 0 Å². The van der Waals surface area contributed by atoms with Crippen LogP contribution in [0, 0.1) is 0 Å². The molecule has 3 aromatic rings. The van der Waals surface area contributed by atoms with Gasteiger partial charge in [-0.1, -0.05) is 25.1 Å². The molecule has 0 radical (unpaired) electrons. The number of likely N-dealkylation sites (N-methyl/N-ethyl adjacent to an activating group) is 1. The molecule has 0 saturated heterocycles. The number of furan rings is 1. The Hall–Kier alpha value is -2.89. The highest BCUT2D eigenvalue weighted by molar-refractivity contribution is 5.96. The second-order valence-corrected chi connectivity index (χ2v) is 5.25. The van der Waals surface area contributed by atoms with Gasteiger partial charge in [0.25, 0.3) is 0 Å². The van der Waals surface area contributed by atoms with E-state index in [1.165, 1.54) is 6.33 Å². The zero-order valence-corrected chi connectivity index (χ0v) is 13.1. The number of H-pyrrole nitrogens is 1. The van der Waals surface area contributed by atoms with Gasteiger partial charge in [-0.3, -0.25) is 9.89 Å². The predicted octanol–water partition coefficient (Wildman–Crippen LogP) is 2.79. The number of nitrogens with zero attached hydrogens (tertiary/aromatic N) is 3. The highest BCUT2D eigenvalue weighted by atomic mass is 16.3. The van der Waals surface area contributed by atoms with Crippen LogP contribution in [-0.2, 0) is 17.8 Å². The van der Waals surface area contributed by atoms with Crippen molar-refractivity contribution in [1.82, 2.24) is 20.1 Å². The first-order valence-electron chi connectivity index (χ1n) is 7.47. The lowest BCUT2D eigenvalue weighted by Crippen LogP contribution is -2.24. The van der Waals surface area contributed by atoms with Crippen molar-refractivity contribution < 1.29 is 9.21 Å². The third-order valence-corrected chi connectivity index (χ3v) is 3.65. The maximum atomic E-state index is 12.2. The number of para-hydroxylation sites is 1. The summed E-state index contributed by atoms with van der Waals surface area (Å²) in [4.78, 5) is 17.8. The molecule has 2 aromatic heterocycles. The zero-order valence-electron chi connectivity index (χ0n) is 13.1. The van der Waals surface area contributed by atoms with Crippen LogP contribution in [0.3, 0.4) is 0 Å². The molecule has 23 heavy (non-hydrogen) atoms. The van der Waals surface area contributed by atoms with Gasteiger partial charge in [0.05, 0.1) is 6.54 Å². The Labute approximate surface area is 133 Å². The monoisotopic (exact) mass is 310 g/mol. The molecule has 2 heterocycles. The summed E-state index contributed by atoms with van der Waals surface area (Å²) < 4.78 is 5.83. The third-order valence-electron chi connectivity index (χ3n) is 3.65. The molecular formula is C17H18N4O2. The smallest absolute Gasteiger partial charge is 0.246 e. The molecule has 0 saturated carbocycles. The largest absolute Gasteiger partial charge is 0.460 e. The Morgan fingerprint density at radius 3 is 2.96 bits per heavy atom. The van der Waals surface area contributed by atoms with E-state index in [-0.39, 0.29) is 5.91 Å². The van der Waals surface area contributed by atoms with Gasteiger partial charge in [-0.15, -0.1) is 0 Å². The van der Waals surface area contributed by atoms with E-state index < -0.39 is 0 Å². The Morgan fingerprint density at radius 1 is 1.39 bits per heavy atom. The number of aromatic amines is 1. The summed E-state index contributed by atoms with van der Waals surface area (Å²) in [5.41, 5.74) is 1.80. The van der Waals surface area contributed by atoms with Gasteiger partial charge < -0.3 is 9.32 Å². The molecule has 3 rings (SSSR count). The van der Waals surface area contributed by atoms with Crippen molar-refractivity contribution in [3.8, 4) is 0 Å². The zero-order chi connectivity index (χ0) is 16.2. The summed E-state index contributed by atoms with van der Waals surface area (Å²) in [6.07, 6.45) is 5.59. The second kappa shape index (κ2) is 6.48. The van der Waals surface area contributed by atoms with Crippen molar-refractivity contribution in [2.75, 3.05) is 7.05 Å². The summed E-state index contributed by atoms with van der Waals surface area (Å²) in [7, 11) is 1.73. The average Bonchev–Trinajstić information content (AvgIpc) is 3.19. The van der Waals surface area contributed by atoms with Crippen LogP contribution in [0.1, 0.15) is 24.1 Å². The van der Waals surface area contributed by atoms with Crippen LogP contribution in [0.5, 0.6) is 0 Å². The van der Waals surface area contributed by atoms with Crippen LogP contribution in [0.25, 0.3) is 17.0 Å². The lowest BCUT2D eigenvalue weighted by Gasteiger charge is -2.12. The van der Waals surface area contributed by atoms with Gasteiger partial charge in [-0.25, -0.2) is 4.98 Å². The molecule has 118 valence electrons. The van der Waals surface area contributed by atoms with E-state index in [0.717, 1.165) is 28.7 Å². The number of carbonyl (C=O) groups is 1. The topological polar surface area (TPSA) is 75.0 Å². The molecule has 1 aromatic carbocycles. The molecule has 1 N–H and O–H groups in total. The molecule has 1 amide bonds. The maximum absolute atomic E-state index is 12.2. The summed E-state index contributed by atoms with van der Waals surface area (Å²) in [5.74, 6) is 1.43. The molecule has 0 aliphatic heterocycles. The molecule has 0 bridgehead atoms. The molecule has 6 heteroatoms. The second-order valence-electron chi connectivity index (χ2n) is 5.25. The number of aromatic nitrogens is 3. The standard InChI is InChI=1S/C17H18N4O2/c1-3-14-13(12-6-4-5-7-15(12)23-14)8-9-17(22)21(2)10-16-18-11-19-20-16/h4-9,11H,3,10H2,1-2H3,(H,18,19,20)/b9-8-. The molecule has 0 aliphatic rings. The first-order chi connectivity index (χ1) is 11.2. The van der Waals surface area contributed by atoms with Crippen LogP contribution in [0.2, 0.25) is 0 Å². The molecule has 0 atom stereocenters. The van der Waals surface area contributed by atoms with Crippen molar-refractivity contribution in [2.24, 2.45) is 0 Å². The van der Waals surface area contributed by atoms with Crippen LogP contribution in [0.15, 0.2) is 41.1 Å². The van der Waals surface area contributed by atoms with Gasteiger partial charge in [0.15, 0.2) is 0 Å². The number of carbonyl (C=O) groups excluding carboxylic acids is 1. The molecule has 0 aliphatic carbocycles. The highest BCUT2D eigenvalue weighted by Crippen LogP contribution is 2.27. The SMILES string of the molecule is CCc1oc2ccccc2c1/C=C\C(=O)N(C)Cc1ncn[nH]1. The lowest BCUT2D eigenvalue weighted by molar-refractivity contribution is -0.125. The molecule has 0 fully saturated rings.